The molecule has 0 unspecified atom stereocenters. The van der Waals surface area contributed by atoms with Crippen LogP contribution in [0.4, 0.5) is 9.93 Å². The molecule has 1 N–H and O–H groups in total. The van der Waals surface area contributed by atoms with Gasteiger partial charge in [0.1, 0.15) is 5.60 Å². The number of halogens is 1. The van der Waals surface area contributed by atoms with Gasteiger partial charge in [0.25, 0.3) is 0 Å². The highest BCUT2D eigenvalue weighted by molar-refractivity contribution is 9.10. The number of carbonyl (C=O) groups excluding carboxylic acids is 1. The van der Waals surface area contributed by atoms with E-state index in [9.17, 15) is 9.90 Å². The van der Waals surface area contributed by atoms with Crippen LogP contribution in [0, 0.1) is 0 Å². The molecule has 0 saturated carbocycles. The molecule has 2 aromatic rings. The fraction of sp³-hybridized carbons (Fsp3) is 0.409. The van der Waals surface area contributed by atoms with Gasteiger partial charge < -0.3 is 10.0 Å². The van der Waals surface area contributed by atoms with Crippen molar-refractivity contribution in [1.29, 1.82) is 0 Å². The molecule has 3 rings (SSSR count). The lowest BCUT2D eigenvalue weighted by atomic mass is 10.1. The second kappa shape index (κ2) is 9.20. The Morgan fingerprint density at radius 1 is 1.42 bits per heavy atom. The number of amides is 2. The lowest BCUT2D eigenvalue weighted by molar-refractivity contribution is 0.119. The summed E-state index contributed by atoms with van der Waals surface area (Å²) in [6.45, 7) is 12.8. The van der Waals surface area contributed by atoms with Crippen LogP contribution in [-0.4, -0.2) is 64.7 Å². The first-order valence-corrected chi connectivity index (χ1v) is 11.6. The molecule has 9 heteroatoms. The van der Waals surface area contributed by atoms with Gasteiger partial charge in [-0.3, -0.25) is 14.8 Å². The second-order valence-corrected chi connectivity index (χ2v) is 9.85. The summed E-state index contributed by atoms with van der Waals surface area (Å²) in [5, 5.41) is 10.7. The number of aliphatic imine (C=N–C) groups is 1. The standard InChI is InChI=1S/C22H28BrN5O2S/c1-7-15(11-24-14(3)22(4,5)30)16-9-17(23)19-18(10-16)25-20(31-19)28-13-26(6)12-27(8-2)21(28)29/h7,9-11,30H,3,8,12-13H2,1-2,4-6H3/b15-7+,24-11-. The summed E-state index contributed by atoms with van der Waals surface area (Å²) in [7, 11) is 1.99. The number of rotatable bonds is 6. The van der Waals surface area contributed by atoms with Crippen molar-refractivity contribution < 1.29 is 9.90 Å². The summed E-state index contributed by atoms with van der Waals surface area (Å²) in [4.78, 5) is 27.5. The molecule has 1 aliphatic rings. The van der Waals surface area contributed by atoms with Crippen LogP contribution in [0.5, 0.6) is 0 Å². The topological polar surface area (TPSA) is 72.3 Å². The number of urea groups is 1. The van der Waals surface area contributed by atoms with Crippen LogP contribution in [0.1, 0.15) is 33.3 Å². The summed E-state index contributed by atoms with van der Waals surface area (Å²) >= 11 is 5.16. The Morgan fingerprint density at radius 3 is 2.74 bits per heavy atom. The molecule has 1 aliphatic heterocycles. The minimum absolute atomic E-state index is 0.0255. The van der Waals surface area contributed by atoms with Crippen molar-refractivity contribution in [2.24, 2.45) is 4.99 Å². The van der Waals surface area contributed by atoms with Gasteiger partial charge in [0.2, 0.25) is 0 Å². The smallest absolute Gasteiger partial charge is 0.328 e. The van der Waals surface area contributed by atoms with Crippen molar-refractivity contribution in [1.82, 2.24) is 14.8 Å². The maximum Gasteiger partial charge on any atom is 0.328 e. The number of aromatic nitrogens is 1. The van der Waals surface area contributed by atoms with E-state index in [1.54, 1.807) is 29.9 Å². The summed E-state index contributed by atoms with van der Waals surface area (Å²) in [6, 6.07) is 3.98. The van der Waals surface area contributed by atoms with Crippen molar-refractivity contribution in [3.8, 4) is 0 Å². The first-order valence-electron chi connectivity index (χ1n) is 10.0. The van der Waals surface area contributed by atoms with E-state index in [1.165, 1.54) is 11.3 Å². The predicted molar refractivity (Wildman–Crippen MR) is 133 cm³/mol. The van der Waals surface area contributed by atoms with Gasteiger partial charge in [-0.25, -0.2) is 9.78 Å². The fourth-order valence-corrected chi connectivity index (χ4v) is 4.76. The van der Waals surface area contributed by atoms with Crippen molar-refractivity contribution in [2.75, 3.05) is 31.8 Å². The van der Waals surface area contributed by atoms with Gasteiger partial charge in [0, 0.05) is 17.2 Å². The minimum atomic E-state index is -1.08. The number of aliphatic hydroxyl groups is 1. The molecular weight excluding hydrogens is 478 g/mol. The van der Waals surface area contributed by atoms with Gasteiger partial charge in [-0.15, -0.1) is 0 Å². The van der Waals surface area contributed by atoms with Crippen molar-refractivity contribution in [2.45, 2.75) is 33.3 Å². The number of fused-ring (bicyclic) bond motifs is 1. The van der Waals surface area contributed by atoms with Crippen molar-refractivity contribution >= 4 is 60.4 Å². The van der Waals surface area contributed by atoms with E-state index < -0.39 is 5.60 Å². The molecule has 0 bridgehead atoms. The molecule has 166 valence electrons. The zero-order chi connectivity index (χ0) is 22.9. The molecule has 1 saturated heterocycles. The highest BCUT2D eigenvalue weighted by atomic mass is 79.9. The normalized spacial score (nSPS) is 16.7. The second-order valence-electron chi connectivity index (χ2n) is 8.02. The lowest BCUT2D eigenvalue weighted by Gasteiger charge is -2.38. The highest BCUT2D eigenvalue weighted by Gasteiger charge is 2.30. The number of nitrogens with zero attached hydrogens (tertiary/aromatic N) is 5. The average molecular weight is 506 g/mol. The SMILES string of the molecule is C=C(/N=C\C(=C/C)c1cc(Br)c2sc(N3CN(C)CN(CC)C3=O)nc2c1)C(C)(C)O. The largest absolute Gasteiger partial charge is 0.384 e. The van der Waals surface area contributed by atoms with Gasteiger partial charge in [-0.1, -0.05) is 24.0 Å². The van der Waals surface area contributed by atoms with Crippen LogP contribution in [0.2, 0.25) is 0 Å². The summed E-state index contributed by atoms with van der Waals surface area (Å²) in [6.07, 6.45) is 3.65. The Bertz CT molecular complexity index is 1070. The number of hydrogen-bond acceptors (Lipinski definition) is 6. The number of benzene rings is 1. The quantitative estimate of drug-likeness (QED) is 0.565. The molecule has 2 heterocycles. The maximum atomic E-state index is 12.8. The lowest BCUT2D eigenvalue weighted by Crippen LogP contribution is -2.56. The Kier molecular flexibility index (Phi) is 7.00. The van der Waals surface area contributed by atoms with Crippen LogP contribution in [0.15, 0.2) is 39.9 Å². The molecule has 2 amide bonds. The Labute approximate surface area is 195 Å². The third-order valence-corrected chi connectivity index (χ3v) is 7.07. The van der Waals surface area contributed by atoms with E-state index in [0.29, 0.717) is 30.7 Å². The summed E-state index contributed by atoms with van der Waals surface area (Å²) < 4.78 is 1.89. The number of anilines is 1. The van der Waals surface area contributed by atoms with E-state index in [-0.39, 0.29) is 6.03 Å². The first kappa shape index (κ1) is 23.6. The molecule has 1 fully saturated rings. The Balaban J connectivity index is 1.96. The van der Waals surface area contributed by atoms with Crippen LogP contribution in [0.25, 0.3) is 15.8 Å². The highest BCUT2D eigenvalue weighted by Crippen LogP contribution is 2.37. The average Bonchev–Trinajstić information content (AvgIpc) is 3.13. The molecule has 7 nitrogen and oxygen atoms in total. The molecule has 0 spiro atoms. The first-order chi connectivity index (χ1) is 14.5. The third-order valence-electron chi connectivity index (χ3n) is 5.05. The molecule has 1 aromatic heterocycles. The zero-order valence-electron chi connectivity index (χ0n) is 18.5. The summed E-state index contributed by atoms with van der Waals surface area (Å²) in [5.41, 5.74) is 1.93. The van der Waals surface area contributed by atoms with Gasteiger partial charge >= 0.3 is 6.03 Å². The zero-order valence-corrected chi connectivity index (χ0v) is 20.9. The maximum absolute atomic E-state index is 12.8. The van der Waals surface area contributed by atoms with Crippen LogP contribution < -0.4 is 4.90 Å². The van der Waals surface area contributed by atoms with Crippen LogP contribution >= 0.6 is 27.3 Å². The van der Waals surface area contributed by atoms with E-state index in [1.807, 2.05) is 39.1 Å². The molecule has 0 atom stereocenters. The molecule has 1 aromatic carbocycles. The number of hydrogen-bond donors (Lipinski definition) is 1. The van der Waals surface area contributed by atoms with E-state index in [0.717, 1.165) is 25.8 Å². The fourth-order valence-electron chi connectivity index (χ4n) is 3.13. The predicted octanol–water partition coefficient (Wildman–Crippen LogP) is 4.93. The van der Waals surface area contributed by atoms with Gasteiger partial charge in [-0.2, -0.15) is 0 Å². The van der Waals surface area contributed by atoms with Crippen LogP contribution in [-0.2, 0) is 0 Å². The monoisotopic (exact) mass is 505 g/mol. The van der Waals surface area contributed by atoms with Gasteiger partial charge in [0.05, 0.1) is 29.3 Å². The Hall–Kier alpha value is -2.07. The molecule has 0 aliphatic carbocycles. The number of allylic oxidation sites excluding steroid dienone is 2. The van der Waals surface area contributed by atoms with Crippen LogP contribution in [0.3, 0.4) is 0 Å². The Morgan fingerprint density at radius 2 is 2.13 bits per heavy atom. The van der Waals surface area contributed by atoms with E-state index >= 15 is 0 Å². The van der Waals surface area contributed by atoms with Crippen molar-refractivity contribution in [3.63, 3.8) is 0 Å². The number of thiazole rings is 1. The van der Waals surface area contributed by atoms with Gasteiger partial charge in [-0.05, 0) is 73.9 Å². The minimum Gasteiger partial charge on any atom is -0.384 e. The van der Waals surface area contributed by atoms with Crippen molar-refractivity contribution in [3.05, 3.63) is 40.5 Å². The molecular formula is C22H28BrN5O2S. The third kappa shape index (κ3) is 5.06. The van der Waals surface area contributed by atoms with Gasteiger partial charge in [0.15, 0.2) is 5.13 Å². The molecule has 0 radical (unpaired) electrons. The van der Waals surface area contributed by atoms with E-state index in [2.05, 4.69) is 32.4 Å². The summed E-state index contributed by atoms with van der Waals surface area (Å²) in [5.74, 6) is 0. The number of carbonyl (C=O) groups is 1. The molecule has 31 heavy (non-hydrogen) atoms. The van der Waals surface area contributed by atoms with E-state index in [4.69, 9.17) is 4.98 Å².